The first-order valence-corrected chi connectivity index (χ1v) is 6.33. The maximum Gasteiger partial charge on any atom is 0.166 e. The highest BCUT2D eigenvalue weighted by Gasteiger charge is 2.10. The highest BCUT2D eigenvalue weighted by molar-refractivity contribution is 7.80. The molecule has 0 radical (unpaired) electrons. The van der Waals surface area contributed by atoms with Gasteiger partial charge in [-0.05, 0) is 31.6 Å². The molecule has 0 saturated heterocycles. The first-order valence-electron chi connectivity index (χ1n) is 5.93. The number of benzene rings is 1. The molecule has 0 aromatic heterocycles. The Bertz CT molecular complexity index is 387. The summed E-state index contributed by atoms with van der Waals surface area (Å²) < 4.78 is 18.5. The second kappa shape index (κ2) is 8.00. The summed E-state index contributed by atoms with van der Waals surface area (Å²) in [6.07, 6.45) is 0.881. The number of halogens is 1. The Morgan fingerprint density at radius 2 is 2.17 bits per heavy atom. The van der Waals surface area contributed by atoms with Crippen LogP contribution in [0.15, 0.2) is 24.3 Å². The SMILES string of the molecule is COCCCNC(=S)NC(C)c1ccccc1F. The summed E-state index contributed by atoms with van der Waals surface area (Å²) in [7, 11) is 1.66. The second-order valence-corrected chi connectivity index (χ2v) is 4.40. The molecule has 0 aliphatic rings. The van der Waals surface area contributed by atoms with Crippen molar-refractivity contribution in [1.82, 2.24) is 10.6 Å². The van der Waals surface area contributed by atoms with Crippen molar-refractivity contribution in [2.75, 3.05) is 20.3 Å². The third-order valence-electron chi connectivity index (χ3n) is 2.53. The summed E-state index contributed by atoms with van der Waals surface area (Å²) in [4.78, 5) is 0. The lowest BCUT2D eigenvalue weighted by Crippen LogP contribution is -2.37. The summed E-state index contributed by atoms with van der Waals surface area (Å²) in [6, 6.07) is 6.52. The largest absolute Gasteiger partial charge is 0.385 e. The van der Waals surface area contributed by atoms with Gasteiger partial charge in [0, 0.05) is 25.8 Å². The number of hydrogen-bond donors (Lipinski definition) is 2. The smallest absolute Gasteiger partial charge is 0.166 e. The Balaban J connectivity index is 2.38. The van der Waals surface area contributed by atoms with Gasteiger partial charge in [-0.3, -0.25) is 0 Å². The van der Waals surface area contributed by atoms with Crippen molar-refractivity contribution in [2.45, 2.75) is 19.4 Å². The summed E-state index contributed by atoms with van der Waals surface area (Å²) in [5.41, 5.74) is 0.610. The van der Waals surface area contributed by atoms with E-state index < -0.39 is 0 Å². The normalized spacial score (nSPS) is 11.9. The van der Waals surface area contributed by atoms with Crippen LogP contribution in [0, 0.1) is 5.82 Å². The van der Waals surface area contributed by atoms with Crippen molar-refractivity contribution in [3.8, 4) is 0 Å². The van der Waals surface area contributed by atoms with E-state index in [1.807, 2.05) is 13.0 Å². The first kappa shape index (κ1) is 14.9. The van der Waals surface area contributed by atoms with E-state index in [9.17, 15) is 4.39 Å². The highest BCUT2D eigenvalue weighted by Crippen LogP contribution is 2.15. The molecule has 0 amide bonds. The van der Waals surface area contributed by atoms with E-state index in [-0.39, 0.29) is 11.9 Å². The highest BCUT2D eigenvalue weighted by atomic mass is 32.1. The van der Waals surface area contributed by atoms with Crippen LogP contribution < -0.4 is 10.6 Å². The van der Waals surface area contributed by atoms with Crippen LogP contribution in [0.3, 0.4) is 0 Å². The van der Waals surface area contributed by atoms with Gasteiger partial charge in [-0.2, -0.15) is 0 Å². The molecule has 100 valence electrons. The summed E-state index contributed by atoms with van der Waals surface area (Å²) >= 11 is 5.14. The quantitative estimate of drug-likeness (QED) is 0.614. The molecule has 3 nitrogen and oxygen atoms in total. The minimum absolute atomic E-state index is 0.159. The minimum Gasteiger partial charge on any atom is -0.385 e. The van der Waals surface area contributed by atoms with Crippen LogP contribution in [0.2, 0.25) is 0 Å². The van der Waals surface area contributed by atoms with Crippen LogP contribution in [0.4, 0.5) is 4.39 Å². The van der Waals surface area contributed by atoms with E-state index in [0.29, 0.717) is 17.3 Å². The summed E-state index contributed by atoms with van der Waals surface area (Å²) in [6.45, 7) is 3.31. The van der Waals surface area contributed by atoms with Crippen LogP contribution in [0.5, 0.6) is 0 Å². The maximum atomic E-state index is 13.5. The molecule has 2 N–H and O–H groups in total. The molecule has 0 heterocycles. The minimum atomic E-state index is -0.223. The maximum absolute atomic E-state index is 13.5. The molecule has 0 saturated carbocycles. The number of methoxy groups -OCH3 is 1. The molecular weight excluding hydrogens is 251 g/mol. The van der Waals surface area contributed by atoms with Crippen molar-refractivity contribution < 1.29 is 9.13 Å². The van der Waals surface area contributed by atoms with Gasteiger partial charge in [0.25, 0.3) is 0 Å². The molecule has 1 aromatic rings. The van der Waals surface area contributed by atoms with Gasteiger partial charge in [0.15, 0.2) is 5.11 Å². The van der Waals surface area contributed by atoms with Crippen LogP contribution in [-0.2, 0) is 4.74 Å². The second-order valence-electron chi connectivity index (χ2n) is 3.99. The molecular formula is C13H19FN2OS. The van der Waals surface area contributed by atoms with E-state index in [1.54, 1.807) is 19.2 Å². The van der Waals surface area contributed by atoms with Crippen LogP contribution in [0.25, 0.3) is 0 Å². The number of ether oxygens (including phenoxy) is 1. The van der Waals surface area contributed by atoms with Gasteiger partial charge in [-0.15, -0.1) is 0 Å². The lowest BCUT2D eigenvalue weighted by atomic mass is 10.1. The number of thiocarbonyl (C=S) groups is 1. The molecule has 18 heavy (non-hydrogen) atoms. The van der Waals surface area contributed by atoms with Crippen molar-refractivity contribution in [1.29, 1.82) is 0 Å². The lowest BCUT2D eigenvalue weighted by Gasteiger charge is -2.17. The average molecular weight is 270 g/mol. The summed E-state index contributed by atoms with van der Waals surface area (Å²) in [5.74, 6) is -0.223. The van der Waals surface area contributed by atoms with Gasteiger partial charge in [-0.25, -0.2) is 4.39 Å². The molecule has 1 atom stereocenters. The molecule has 5 heteroatoms. The zero-order valence-electron chi connectivity index (χ0n) is 10.7. The van der Waals surface area contributed by atoms with Crippen LogP contribution >= 0.6 is 12.2 Å². The fourth-order valence-corrected chi connectivity index (χ4v) is 1.85. The Morgan fingerprint density at radius 3 is 2.83 bits per heavy atom. The molecule has 1 rings (SSSR count). The third-order valence-corrected chi connectivity index (χ3v) is 2.79. The van der Waals surface area contributed by atoms with E-state index >= 15 is 0 Å². The molecule has 0 aliphatic heterocycles. The van der Waals surface area contributed by atoms with Gasteiger partial charge in [0.2, 0.25) is 0 Å². The fourth-order valence-electron chi connectivity index (χ4n) is 1.57. The first-order chi connectivity index (χ1) is 8.65. The third kappa shape index (κ3) is 4.98. The van der Waals surface area contributed by atoms with Crippen LogP contribution in [0.1, 0.15) is 24.9 Å². The van der Waals surface area contributed by atoms with Gasteiger partial charge < -0.3 is 15.4 Å². The Kier molecular flexibility index (Phi) is 6.60. The molecule has 0 bridgehead atoms. The molecule has 0 fully saturated rings. The van der Waals surface area contributed by atoms with E-state index in [4.69, 9.17) is 17.0 Å². The van der Waals surface area contributed by atoms with Crippen molar-refractivity contribution in [2.24, 2.45) is 0 Å². The Morgan fingerprint density at radius 1 is 1.44 bits per heavy atom. The van der Waals surface area contributed by atoms with E-state index in [1.165, 1.54) is 6.07 Å². The molecule has 0 aliphatic carbocycles. The Hall–Kier alpha value is -1.20. The van der Waals surface area contributed by atoms with Crippen molar-refractivity contribution >= 4 is 17.3 Å². The van der Waals surface area contributed by atoms with Crippen molar-refractivity contribution in [3.05, 3.63) is 35.6 Å². The topological polar surface area (TPSA) is 33.3 Å². The number of rotatable bonds is 6. The zero-order valence-corrected chi connectivity index (χ0v) is 11.5. The van der Waals surface area contributed by atoms with E-state index in [0.717, 1.165) is 13.0 Å². The van der Waals surface area contributed by atoms with Gasteiger partial charge >= 0.3 is 0 Å². The van der Waals surface area contributed by atoms with Gasteiger partial charge in [0.05, 0.1) is 6.04 Å². The molecule has 1 unspecified atom stereocenters. The number of nitrogens with one attached hydrogen (secondary N) is 2. The van der Waals surface area contributed by atoms with E-state index in [2.05, 4.69) is 10.6 Å². The summed E-state index contributed by atoms with van der Waals surface area (Å²) in [5, 5.41) is 6.64. The monoisotopic (exact) mass is 270 g/mol. The lowest BCUT2D eigenvalue weighted by molar-refractivity contribution is 0.195. The predicted octanol–water partition coefficient (Wildman–Crippen LogP) is 2.39. The number of hydrogen-bond acceptors (Lipinski definition) is 2. The van der Waals surface area contributed by atoms with Gasteiger partial charge in [0.1, 0.15) is 5.82 Å². The zero-order chi connectivity index (χ0) is 13.4. The Labute approximate surface area is 113 Å². The standard InChI is InChI=1S/C13H19FN2OS/c1-10(11-6-3-4-7-12(11)14)16-13(18)15-8-5-9-17-2/h3-4,6-7,10H,5,8-9H2,1-2H3,(H2,15,16,18). The predicted molar refractivity (Wildman–Crippen MR) is 75.0 cm³/mol. The van der Waals surface area contributed by atoms with Gasteiger partial charge in [-0.1, -0.05) is 18.2 Å². The molecule has 1 aromatic carbocycles. The fraction of sp³-hybridized carbons (Fsp3) is 0.462. The van der Waals surface area contributed by atoms with Crippen molar-refractivity contribution in [3.63, 3.8) is 0 Å². The van der Waals surface area contributed by atoms with Crippen LogP contribution in [-0.4, -0.2) is 25.4 Å². The molecule has 0 spiro atoms. The average Bonchev–Trinajstić information content (AvgIpc) is 2.35.